The van der Waals surface area contributed by atoms with Crippen molar-refractivity contribution >= 4 is 12.1 Å². The molecular formula is C18H33NO4. The predicted octanol–water partition coefficient (Wildman–Crippen LogP) is 4.23. The Balaban J connectivity index is 0.000000450. The summed E-state index contributed by atoms with van der Waals surface area (Å²) in [5, 5.41) is 10.5. The number of hydrogen-bond donors (Lipinski definition) is 2. The topological polar surface area (TPSA) is 75.6 Å². The molecule has 0 heterocycles. The molecule has 2 N–H and O–H groups in total. The molecule has 0 aliphatic heterocycles. The SMILES string of the molecule is C=CCCC.CC(C)C.O=C(O)CNC(=O)OC1CC2CC2C1. The van der Waals surface area contributed by atoms with Crippen molar-refractivity contribution < 1.29 is 19.4 Å². The van der Waals surface area contributed by atoms with Gasteiger partial charge in [0.25, 0.3) is 0 Å². The van der Waals surface area contributed by atoms with E-state index in [1.807, 2.05) is 6.08 Å². The number of amides is 1. The summed E-state index contributed by atoms with van der Waals surface area (Å²) in [5.74, 6) is 1.29. The average molecular weight is 327 g/mol. The Hall–Kier alpha value is -1.52. The molecule has 0 aromatic rings. The monoisotopic (exact) mass is 327 g/mol. The molecule has 0 aromatic heterocycles. The number of aliphatic carboxylic acids is 1. The highest BCUT2D eigenvalue weighted by Gasteiger charge is 2.47. The van der Waals surface area contributed by atoms with Crippen molar-refractivity contribution in [3.8, 4) is 0 Å². The molecule has 0 spiro atoms. The number of hydrogen-bond acceptors (Lipinski definition) is 3. The van der Waals surface area contributed by atoms with Crippen molar-refractivity contribution in [2.45, 2.75) is 65.9 Å². The first-order valence-corrected chi connectivity index (χ1v) is 8.57. The van der Waals surface area contributed by atoms with Gasteiger partial charge in [0.15, 0.2) is 0 Å². The molecule has 2 rings (SSSR count). The Morgan fingerprint density at radius 1 is 1.26 bits per heavy atom. The van der Waals surface area contributed by atoms with Crippen molar-refractivity contribution in [3.63, 3.8) is 0 Å². The fourth-order valence-corrected chi connectivity index (χ4v) is 2.30. The summed E-state index contributed by atoms with van der Waals surface area (Å²) in [6.45, 7) is 11.8. The maximum absolute atomic E-state index is 11.0. The number of alkyl carbamates (subject to hydrolysis) is 1. The first kappa shape index (κ1) is 21.5. The van der Waals surface area contributed by atoms with Crippen molar-refractivity contribution in [2.24, 2.45) is 17.8 Å². The zero-order valence-electron chi connectivity index (χ0n) is 15.0. The van der Waals surface area contributed by atoms with Crippen molar-refractivity contribution in [2.75, 3.05) is 6.54 Å². The maximum atomic E-state index is 11.0. The summed E-state index contributed by atoms with van der Waals surface area (Å²) in [4.78, 5) is 21.2. The van der Waals surface area contributed by atoms with Gasteiger partial charge >= 0.3 is 12.1 Å². The van der Waals surface area contributed by atoms with Crippen LogP contribution in [0.3, 0.4) is 0 Å². The lowest BCUT2D eigenvalue weighted by molar-refractivity contribution is -0.135. The van der Waals surface area contributed by atoms with E-state index >= 15 is 0 Å². The van der Waals surface area contributed by atoms with Gasteiger partial charge < -0.3 is 15.2 Å². The molecule has 5 nitrogen and oxygen atoms in total. The Morgan fingerprint density at radius 2 is 1.78 bits per heavy atom. The largest absolute Gasteiger partial charge is 0.480 e. The number of allylic oxidation sites excluding steroid dienone is 1. The highest BCUT2D eigenvalue weighted by molar-refractivity contribution is 5.76. The van der Waals surface area contributed by atoms with Crippen LogP contribution in [0.5, 0.6) is 0 Å². The number of nitrogens with one attached hydrogen (secondary N) is 1. The van der Waals surface area contributed by atoms with Crippen LogP contribution in [0.2, 0.25) is 0 Å². The number of carbonyl (C=O) groups excluding carboxylic acids is 1. The van der Waals surface area contributed by atoms with Gasteiger partial charge in [-0.25, -0.2) is 4.79 Å². The van der Waals surface area contributed by atoms with Crippen LogP contribution >= 0.6 is 0 Å². The van der Waals surface area contributed by atoms with Crippen molar-refractivity contribution in [3.05, 3.63) is 12.7 Å². The Kier molecular flexibility index (Phi) is 11.2. The van der Waals surface area contributed by atoms with Crippen LogP contribution in [0.4, 0.5) is 4.79 Å². The predicted molar refractivity (Wildman–Crippen MR) is 92.4 cm³/mol. The minimum atomic E-state index is -1.06. The molecule has 0 radical (unpaired) electrons. The van der Waals surface area contributed by atoms with E-state index < -0.39 is 12.1 Å². The van der Waals surface area contributed by atoms with Crippen LogP contribution in [0.1, 0.15) is 59.8 Å². The molecule has 1 amide bonds. The third kappa shape index (κ3) is 12.7. The van der Waals surface area contributed by atoms with Crippen LogP contribution in [0.25, 0.3) is 0 Å². The molecule has 2 saturated carbocycles. The second kappa shape index (κ2) is 12.0. The molecular weight excluding hydrogens is 294 g/mol. The smallest absolute Gasteiger partial charge is 0.407 e. The van der Waals surface area contributed by atoms with Crippen LogP contribution in [0, 0.1) is 17.8 Å². The lowest BCUT2D eigenvalue weighted by atomic mass is 10.2. The fourth-order valence-electron chi connectivity index (χ4n) is 2.30. The highest BCUT2D eigenvalue weighted by Crippen LogP contribution is 2.52. The highest BCUT2D eigenvalue weighted by atomic mass is 16.6. The zero-order valence-corrected chi connectivity index (χ0v) is 15.0. The number of unbranched alkanes of at least 4 members (excludes halogenated alkanes) is 1. The summed E-state index contributed by atoms with van der Waals surface area (Å²) < 4.78 is 5.05. The van der Waals surface area contributed by atoms with E-state index in [0.717, 1.165) is 37.0 Å². The second-order valence-electron chi connectivity index (χ2n) is 6.81. The summed E-state index contributed by atoms with van der Waals surface area (Å²) in [7, 11) is 0. The normalized spacial score (nSPS) is 23.4. The number of fused-ring (bicyclic) bond motifs is 1. The second-order valence-corrected chi connectivity index (χ2v) is 6.81. The summed E-state index contributed by atoms with van der Waals surface area (Å²) in [6.07, 6.45) is 6.88. The van der Waals surface area contributed by atoms with Gasteiger partial charge in [-0.1, -0.05) is 40.2 Å². The number of carboxylic acids is 1. The van der Waals surface area contributed by atoms with Crippen LogP contribution in [0.15, 0.2) is 12.7 Å². The van der Waals surface area contributed by atoms with Gasteiger partial charge in [-0.2, -0.15) is 0 Å². The molecule has 0 aromatic carbocycles. The van der Waals surface area contributed by atoms with Crippen LogP contribution in [-0.2, 0) is 9.53 Å². The molecule has 23 heavy (non-hydrogen) atoms. The van der Waals surface area contributed by atoms with Gasteiger partial charge in [-0.3, -0.25) is 4.79 Å². The van der Waals surface area contributed by atoms with E-state index in [1.165, 1.54) is 12.8 Å². The maximum Gasteiger partial charge on any atom is 0.407 e. The van der Waals surface area contributed by atoms with E-state index in [9.17, 15) is 9.59 Å². The molecule has 2 aliphatic carbocycles. The first-order chi connectivity index (χ1) is 10.8. The average Bonchev–Trinajstić information content (AvgIpc) is 3.05. The molecule has 134 valence electrons. The van der Waals surface area contributed by atoms with E-state index in [-0.39, 0.29) is 12.6 Å². The molecule has 2 aliphatic rings. The Morgan fingerprint density at radius 3 is 2.13 bits per heavy atom. The van der Waals surface area contributed by atoms with Crippen molar-refractivity contribution in [1.29, 1.82) is 0 Å². The number of carbonyl (C=O) groups is 2. The zero-order chi connectivity index (χ0) is 17.8. The van der Waals surface area contributed by atoms with Gasteiger partial charge in [0.2, 0.25) is 0 Å². The quantitative estimate of drug-likeness (QED) is 0.741. The van der Waals surface area contributed by atoms with E-state index in [1.54, 1.807) is 0 Å². The molecule has 2 unspecified atom stereocenters. The number of carboxylic acid groups (broad SMARTS) is 1. The van der Waals surface area contributed by atoms with E-state index in [0.29, 0.717) is 0 Å². The van der Waals surface area contributed by atoms with Gasteiger partial charge in [0, 0.05) is 0 Å². The molecule has 0 bridgehead atoms. The van der Waals surface area contributed by atoms with Gasteiger partial charge in [0.05, 0.1) is 0 Å². The molecule has 5 heteroatoms. The molecule has 2 atom stereocenters. The first-order valence-electron chi connectivity index (χ1n) is 8.57. The van der Waals surface area contributed by atoms with Gasteiger partial charge in [-0.15, -0.1) is 6.58 Å². The Bertz CT molecular complexity index is 355. The molecule has 0 saturated heterocycles. The standard InChI is InChI=1S/C9H13NO4.C5H10.C4H10/c11-8(12)4-10-9(13)14-7-2-5-1-6(5)3-7;1-3-5-4-2;1-4(2)3/h5-7H,1-4H2,(H,10,13)(H,11,12);3H,1,4-5H2,2H3;4H,1-3H3. The van der Waals surface area contributed by atoms with Gasteiger partial charge in [0.1, 0.15) is 12.6 Å². The summed E-state index contributed by atoms with van der Waals surface area (Å²) in [5.41, 5.74) is 0. The van der Waals surface area contributed by atoms with Crippen LogP contribution in [-0.4, -0.2) is 29.8 Å². The third-order valence-electron chi connectivity index (χ3n) is 3.35. The Labute approximate surface area is 140 Å². The number of rotatable bonds is 5. The lowest BCUT2D eigenvalue weighted by Gasteiger charge is -2.13. The lowest BCUT2D eigenvalue weighted by Crippen LogP contribution is -2.32. The summed E-state index contributed by atoms with van der Waals surface area (Å²) >= 11 is 0. The fraction of sp³-hybridized carbons (Fsp3) is 0.778. The number of ether oxygens (including phenoxy) is 1. The third-order valence-corrected chi connectivity index (χ3v) is 3.35. The van der Waals surface area contributed by atoms with Gasteiger partial charge in [-0.05, 0) is 43.4 Å². The van der Waals surface area contributed by atoms with E-state index in [2.05, 4.69) is 39.6 Å². The van der Waals surface area contributed by atoms with Crippen LogP contribution < -0.4 is 5.32 Å². The van der Waals surface area contributed by atoms with Crippen molar-refractivity contribution in [1.82, 2.24) is 5.32 Å². The van der Waals surface area contributed by atoms with E-state index in [4.69, 9.17) is 9.84 Å². The summed E-state index contributed by atoms with van der Waals surface area (Å²) in [6, 6.07) is 0. The minimum absolute atomic E-state index is 0.00699. The minimum Gasteiger partial charge on any atom is -0.480 e. The molecule has 2 fully saturated rings.